The molecule has 2 aromatic carbocycles. The predicted molar refractivity (Wildman–Crippen MR) is 95.1 cm³/mol. The minimum Gasteiger partial charge on any atom is -0.322 e. The zero-order valence-electron chi connectivity index (χ0n) is 13.9. The third-order valence-electron chi connectivity index (χ3n) is 4.23. The molecule has 4 rings (SSSR count). The molecule has 2 amide bonds. The summed E-state index contributed by atoms with van der Waals surface area (Å²) < 4.78 is 1.48. The standard InChI is InChI=1S/C18H16N6O2/c25-17-5-2-10-23(17)15-8-6-14(7-9-15)20-18(26)13-3-1-4-16(11-13)24-12-19-21-22-24/h1,3-4,6-9,11-12H,2,5,10H2,(H,20,26). The molecule has 0 unspecified atom stereocenters. The summed E-state index contributed by atoms with van der Waals surface area (Å²) in [6.07, 6.45) is 2.94. The molecule has 2 heterocycles. The highest BCUT2D eigenvalue weighted by Gasteiger charge is 2.21. The first-order chi connectivity index (χ1) is 12.7. The molecule has 0 radical (unpaired) electrons. The average molecular weight is 348 g/mol. The van der Waals surface area contributed by atoms with Crippen molar-refractivity contribution in [2.45, 2.75) is 12.8 Å². The molecule has 1 N–H and O–H groups in total. The van der Waals surface area contributed by atoms with Crippen molar-refractivity contribution in [1.29, 1.82) is 0 Å². The number of benzene rings is 2. The van der Waals surface area contributed by atoms with Gasteiger partial charge in [0.25, 0.3) is 5.91 Å². The topological polar surface area (TPSA) is 93.0 Å². The molecule has 1 aliphatic rings. The second-order valence-electron chi connectivity index (χ2n) is 5.95. The Bertz CT molecular complexity index is 937. The van der Waals surface area contributed by atoms with Gasteiger partial charge in [0.05, 0.1) is 5.69 Å². The van der Waals surface area contributed by atoms with E-state index >= 15 is 0 Å². The molecule has 1 aromatic heterocycles. The van der Waals surface area contributed by atoms with E-state index in [2.05, 4.69) is 20.8 Å². The van der Waals surface area contributed by atoms with Gasteiger partial charge in [-0.3, -0.25) is 9.59 Å². The second-order valence-corrected chi connectivity index (χ2v) is 5.95. The maximum Gasteiger partial charge on any atom is 0.255 e. The molecule has 130 valence electrons. The lowest BCUT2D eigenvalue weighted by Crippen LogP contribution is -2.23. The van der Waals surface area contributed by atoms with Crippen LogP contribution in [0.3, 0.4) is 0 Å². The summed E-state index contributed by atoms with van der Waals surface area (Å²) in [5.74, 6) is -0.0916. The third kappa shape index (κ3) is 3.16. The van der Waals surface area contributed by atoms with Gasteiger partial charge in [0.1, 0.15) is 6.33 Å². The third-order valence-corrected chi connectivity index (χ3v) is 4.23. The number of tetrazole rings is 1. The van der Waals surface area contributed by atoms with Gasteiger partial charge in [0.2, 0.25) is 5.91 Å². The molecular formula is C18H16N6O2. The summed E-state index contributed by atoms with van der Waals surface area (Å²) in [6, 6.07) is 14.3. The van der Waals surface area contributed by atoms with E-state index in [4.69, 9.17) is 0 Å². The van der Waals surface area contributed by atoms with Crippen LogP contribution >= 0.6 is 0 Å². The first-order valence-electron chi connectivity index (χ1n) is 8.26. The largest absolute Gasteiger partial charge is 0.322 e. The lowest BCUT2D eigenvalue weighted by molar-refractivity contribution is -0.117. The van der Waals surface area contributed by atoms with Gasteiger partial charge < -0.3 is 10.2 Å². The fraction of sp³-hybridized carbons (Fsp3) is 0.167. The molecule has 1 fully saturated rings. The van der Waals surface area contributed by atoms with Crippen LogP contribution in [0.4, 0.5) is 11.4 Å². The number of aromatic nitrogens is 4. The summed E-state index contributed by atoms with van der Waals surface area (Å²) in [5, 5.41) is 13.9. The minimum atomic E-state index is -0.232. The van der Waals surface area contributed by atoms with Gasteiger partial charge in [-0.05, 0) is 59.3 Å². The smallest absolute Gasteiger partial charge is 0.255 e. The van der Waals surface area contributed by atoms with Gasteiger partial charge >= 0.3 is 0 Å². The fourth-order valence-corrected chi connectivity index (χ4v) is 2.92. The van der Waals surface area contributed by atoms with Crippen molar-refractivity contribution in [1.82, 2.24) is 20.2 Å². The molecule has 0 aliphatic carbocycles. The SMILES string of the molecule is O=C(Nc1ccc(N2CCCC2=O)cc1)c1cccc(-n2cnnn2)c1. The van der Waals surface area contributed by atoms with Gasteiger partial charge in [-0.25, -0.2) is 4.68 Å². The Hall–Kier alpha value is -3.55. The van der Waals surface area contributed by atoms with Crippen LogP contribution in [0, 0.1) is 0 Å². The number of nitrogens with zero attached hydrogens (tertiary/aromatic N) is 5. The summed E-state index contributed by atoms with van der Waals surface area (Å²) in [5.41, 5.74) is 2.71. The number of rotatable bonds is 4. The normalized spacial score (nSPS) is 13.8. The lowest BCUT2D eigenvalue weighted by Gasteiger charge is -2.16. The van der Waals surface area contributed by atoms with Crippen LogP contribution in [-0.2, 0) is 4.79 Å². The Morgan fingerprint density at radius 3 is 2.62 bits per heavy atom. The van der Waals surface area contributed by atoms with Crippen LogP contribution in [0.2, 0.25) is 0 Å². The summed E-state index contributed by atoms with van der Waals surface area (Å²) in [4.78, 5) is 26.0. The summed E-state index contributed by atoms with van der Waals surface area (Å²) in [7, 11) is 0. The fourth-order valence-electron chi connectivity index (χ4n) is 2.92. The van der Waals surface area contributed by atoms with Gasteiger partial charge in [-0.15, -0.1) is 5.10 Å². The molecule has 0 bridgehead atoms. The molecular weight excluding hydrogens is 332 g/mol. The number of amides is 2. The molecule has 0 atom stereocenters. The molecule has 0 saturated carbocycles. The van der Waals surface area contributed by atoms with Crippen LogP contribution in [0.1, 0.15) is 23.2 Å². The maximum atomic E-state index is 12.5. The van der Waals surface area contributed by atoms with Crippen molar-refractivity contribution in [3.05, 3.63) is 60.4 Å². The summed E-state index contributed by atoms with van der Waals surface area (Å²) >= 11 is 0. The average Bonchev–Trinajstić information content (AvgIpc) is 3.34. The van der Waals surface area contributed by atoms with Crippen molar-refractivity contribution in [3.8, 4) is 5.69 Å². The van der Waals surface area contributed by atoms with E-state index in [1.807, 2.05) is 18.2 Å². The van der Waals surface area contributed by atoms with Crippen molar-refractivity contribution in [2.75, 3.05) is 16.8 Å². The molecule has 8 nitrogen and oxygen atoms in total. The minimum absolute atomic E-state index is 0.140. The molecule has 0 spiro atoms. The molecule has 3 aromatic rings. The lowest BCUT2D eigenvalue weighted by atomic mass is 10.2. The van der Waals surface area contributed by atoms with E-state index in [9.17, 15) is 9.59 Å². The van der Waals surface area contributed by atoms with E-state index < -0.39 is 0 Å². The number of hydrogen-bond acceptors (Lipinski definition) is 5. The van der Waals surface area contributed by atoms with Crippen molar-refractivity contribution in [3.63, 3.8) is 0 Å². The van der Waals surface area contributed by atoms with E-state index in [0.29, 0.717) is 23.4 Å². The van der Waals surface area contributed by atoms with E-state index in [1.165, 1.54) is 11.0 Å². The highest BCUT2D eigenvalue weighted by Crippen LogP contribution is 2.23. The Labute approximate surface area is 149 Å². The zero-order chi connectivity index (χ0) is 17.9. The molecule has 1 aliphatic heterocycles. The van der Waals surface area contributed by atoms with Crippen LogP contribution in [0.5, 0.6) is 0 Å². The van der Waals surface area contributed by atoms with Gasteiger partial charge in [-0.2, -0.15) is 0 Å². The Kier molecular flexibility index (Phi) is 4.14. The first kappa shape index (κ1) is 15.9. The number of carbonyl (C=O) groups excluding carboxylic acids is 2. The first-order valence-corrected chi connectivity index (χ1v) is 8.26. The number of nitrogens with one attached hydrogen (secondary N) is 1. The highest BCUT2D eigenvalue weighted by molar-refractivity contribution is 6.04. The van der Waals surface area contributed by atoms with Crippen molar-refractivity contribution < 1.29 is 9.59 Å². The number of anilines is 2. The number of hydrogen-bond donors (Lipinski definition) is 1. The van der Waals surface area contributed by atoms with Crippen LogP contribution < -0.4 is 10.2 Å². The van der Waals surface area contributed by atoms with Crippen LogP contribution in [0.25, 0.3) is 5.69 Å². The van der Waals surface area contributed by atoms with Crippen LogP contribution in [-0.4, -0.2) is 38.6 Å². The second kappa shape index (κ2) is 6.75. The molecule has 26 heavy (non-hydrogen) atoms. The highest BCUT2D eigenvalue weighted by atomic mass is 16.2. The Balaban J connectivity index is 1.48. The van der Waals surface area contributed by atoms with Gasteiger partial charge in [0.15, 0.2) is 0 Å². The Morgan fingerprint density at radius 2 is 1.92 bits per heavy atom. The van der Waals surface area contributed by atoms with E-state index in [0.717, 1.165) is 18.7 Å². The summed E-state index contributed by atoms with van der Waals surface area (Å²) in [6.45, 7) is 0.745. The van der Waals surface area contributed by atoms with Crippen molar-refractivity contribution >= 4 is 23.2 Å². The number of carbonyl (C=O) groups is 2. The zero-order valence-corrected chi connectivity index (χ0v) is 13.9. The molecule has 1 saturated heterocycles. The quantitative estimate of drug-likeness (QED) is 0.779. The van der Waals surface area contributed by atoms with Gasteiger partial charge in [0, 0.05) is 29.9 Å². The van der Waals surface area contributed by atoms with Gasteiger partial charge in [-0.1, -0.05) is 6.07 Å². The predicted octanol–water partition coefficient (Wildman–Crippen LogP) is 2.04. The monoisotopic (exact) mass is 348 g/mol. The maximum absolute atomic E-state index is 12.5. The van der Waals surface area contributed by atoms with Crippen molar-refractivity contribution in [2.24, 2.45) is 0 Å². The molecule has 8 heteroatoms. The Morgan fingerprint density at radius 1 is 1.08 bits per heavy atom. The van der Waals surface area contributed by atoms with E-state index in [-0.39, 0.29) is 11.8 Å². The van der Waals surface area contributed by atoms with Crippen LogP contribution in [0.15, 0.2) is 54.9 Å². The van der Waals surface area contributed by atoms with E-state index in [1.54, 1.807) is 35.2 Å².